The Kier molecular flexibility index (Phi) is 4.19. The molecule has 0 aliphatic rings. The highest BCUT2D eigenvalue weighted by Gasteiger charge is 2.24. The summed E-state index contributed by atoms with van der Waals surface area (Å²) >= 11 is 0. The number of halogens is 2. The van der Waals surface area contributed by atoms with Gasteiger partial charge in [-0.25, -0.2) is 13.6 Å². The van der Waals surface area contributed by atoms with Crippen LogP contribution in [0.2, 0.25) is 0 Å². The van der Waals surface area contributed by atoms with Crippen molar-refractivity contribution < 1.29 is 23.0 Å². The highest BCUT2D eigenvalue weighted by atomic mass is 19.3. The van der Waals surface area contributed by atoms with Gasteiger partial charge in [0.25, 0.3) is 6.43 Å². The van der Waals surface area contributed by atoms with E-state index in [9.17, 15) is 18.4 Å². The summed E-state index contributed by atoms with van der Waals surface area (Å²) in [6.07, 6.45) is -3.00. The molecule has 1 rings (SSSR count). The first-order valence-electron chi connectivity index (χ1n) is 4.77. The molecule has 94 valence electrons. The Hall–Kier alpha value is -1.92. The topological polar surface area (TPSA) is 68.4 Å². The Morgan fingerprint density at radius 2 is 2.18 bits per heavy atom. The minimum atomic E-state index is -3.00. The van der Waals surface area contributed by atoms with Gasteiger partial charge in [-0.1, -0.05) is 0 Å². The van der Waals surface area contributed by atoms with E-state index in [0.717, 1.165) is 6.07 Å². The van der Waals surface area contributed by atoms with Gasteiger partial charge < -0.3 is 14.5 Å². The van der Waals surface area contributed by atoms with Crippen LogP contribution in [-0.4, -0.2) is 24.7 Å². The third-order valence-corrected chi connectivity index (χ3v) is 1.95. The van der Waals surface area contributed by atoms with Crippen molar-refractivity contribution in [2.24, 2.45) is 0 Å². The molecule has 0 aromatic carbocycles. The molecule has 0 saturated heterocycles. The van der Waals surface area contributed by atoms with Crippen LogP contribution < -0.4 is 10.2 Å². The predicted octanol–water partition coefficient (Wildman–Crippen LogP) is 1.50. The molecule has 0 fully saturated rings. The van der Waals surface area contributed by atoms with Crippen molar-refractivity contribution >= 4 is 5.97 Å². The third-order valence-electron chi connectivity index (χ3n) is 1.95. The number of carbonyl (C=O) groups excluding carboxylic acids is 1. The van der Waals surface area contributed by atoms with E-state index >= 15 is 0 Å². The van der Waals surface area contributed by atoms with Crippen LogP contribution in [0.3, 0.4) is 0 Å². The molecule has 0 spiro atoms. The fraction of sp³-hybridized carbons (Fsp3) is 0.400. The Morgan fingerprint density at radius 1 is 1.53 bits per heavy atom. The van der Waals surface area contributed by atoms with Crippen LogP contribution in [0, 0.1) is 0 Å². The van der Waals surface area contributed by atoms with Gasteiger partial charge in [0.1, 0.15) is 11.3 Å². The second-order valence-electron chi connectivity index (χ2n) is 3.01. The summed E-state index contributed by atoms with van der Waals surface area (Å²) in [4.78, 5) is 25.0. The van der Waals surface area contributed by atoms with Gasteiger partial charge in [0, 0.05) is 6.07 Å². The highest BCUT2D eigenvalue weighted by molar-refractivity contribution is 5.90. The second kappa shape index (κ2) is 5.42. The molecule has 0 radical (unpaired) electrons. The van der Waals surface area contributed by atoms with Gasteiger partial charge in [-0.15, -0.1) is 0 Å². The molecule has 7 heteroatoms. The van der Waals surface area contributed by atoms with Crippen LogP contribution in [0.15, 0.2) is 10.9 Å². The molecule has 0 atom stereocenters. The van der Waals surface area contributed by atoms with Gasteiger partial charge in [-0.2, -0.15) is 0 Å². The molecule has 1 heterocycles. The van der Waals surface area contributed by atoms with Gasteiger partial charge in [-0.3, -0.25) is 4.79 Å². The van der Waals surface area contributed by atoms with Gasteiger partial charge in [0.05, 0.1) is 13.7 Å². The number of aromatic amines is 1. The molecule has 1 aromatic heterocycles. The molecule has 0 amide bonds. The van der Waals surface area contributed by atoms with Gasteiger partial charge >= 0.3 is 5.97 Å². The van der Waals surface area contributed by atoms with Gasteiger partial charge in [0.2, 0.25) is 0 Å². The molecule has 5 nitrogen and oxygen atoms in total. The maximum Gasteiger partial charge on any atom is 0.344 e. The molecule has 1 aromatic rings. The zero-order valence-electron chi connectivity index (χ0n) is 9.25. The summed E-state index contributed by atoms with van der Waals surface area (Å²) in [6, 6.07) is 0.915. The number of rotatable bonds is 4. The molecule has 1 N–H and O–H groups in total. The second-order valence-corrected chi connectivity index (χ2v) is 3.01. The number of hydrogen-bond acceptors (Lipinski definition) is 4. The Morgan fingerprint density at radius 3 is 2.65 bits per heavy atom. The van der Waals surface area contributed by atoms with E-state index in [1.807, 2.05) is 0 Å². The van der Waals surface area contributed by atoms with Crippen molar-refractivity contribution in [3.63, 3.8) is 0 Å². The smallest absolute Gasteiger partial charge is 0.344 e. The van der Waals surface area contributed by atoms with E-state index in [1.54, 1.807) is 0 Å². The summed E-state index contributed by atoms with van der Waals surface area (Å²) in [5.41, 5.74) is -2.36. The lowest BCUT2D eigenvalue weighted by molar-refractivity contribution is 0.0511. The largest absolute Gasteiger partial charge is 0.482 e. The quantitative estimate of drug-likeness (QED) is 0.818. The fourth-order valence-electron chi connectivity index (χ4n) is 1.24. The van der Waals surface area contributed by atoms with Gasteiger partial charge in [-0.05, 0) is 6.92 Å². The molecule has 0 aliphatic carbocycles. The standard InChI is InChI=1S/C10H11F2NO4/c1-3-17-10(15)7-5(14)4-6(16-2)13-8(7)9(11)12/h4,9H,3H2,1-2H3,(H,13,14). The molecular weight excluding hydrogens is 236 g/mol. The van der Waals surface area contributed by atoms with Crippen LogP contribution in [-0.2, 0) is 4.74 Å². The molecule has 17 heavy (non-hydrogen) atoms. The first-order valence-corrected chi connectivity index (χ1v) is 4.77. The van der Waals surface area contributed by atoms with E-state index in [4.69, 9.17) is 0 Å². The van der Waals surface area contributed by atoms with Gasteiger partial charge in [0.15, 0.2) is 11.3 Å². The van der Waals surface area contributed by atoms with Crippen LogP contribution in [0.5, 0.6) is 5.88 Å². The maximum absolute atomic E-state index is 12.7. The van der Waals surface area contributed by atoms with Crippen molar-refractivity contribution in [3.8, 4) is 5.88 Å². The summed E-state index contributed by atoms with van der Waals surface area (Å²) in [5.74, 6) is -1.22. The Bertz CT molecular complexity index is 470. The lowest BCUT2D eigenvalue weighted by atomic mass is 10.2. The highest BCUT2D eigenvalue weighted by Crippen LogP contribution is 2.21. The van der Waals surface area contributed by atoms with Crippen molar-refractivity contribution in [1.82, 2.24) is 4.98 Å². The van der Waals surface area contributed by atoms with E-state index in [-0.39, 0.29) is 12.5 Å². The Labute approximate surface area is 95.4 Å². The lowest BCUT2D eigenvalue weighted by Crippen LogP contribution is -2.21. The van der Waals surface area contributed by atoms with Crippen molar-refractivity contribution in [2.75, 3.05) is 13.7 Å². The molecule has 0 aliphatic heterocycles. The first-order chi connectivity index (χ1) is 8.01. The monoisotopic (exact) mass is 247 g/mol. The van der Waals surface area contributed by atoms with Crippen molar-refractivity contribution in [1.29, 1.82) is 0 Å². The van der Waals surface area contributed by atoms with E-state index in [1.165, 1.54) is 14.0 Å². The Balaban J connectivity index is 3.37. The number of H-pyrrole nitrogens is 1. The van der Waals surface area contributed by atoms with Crippen LogP contribution in [0.1, 0.15) is 29.4 Å². The zero-order chi connectivity index (χ0) is 13.0. The number of methoxy groups -OCH3 is 1. The SMILES string of the molecule is CCOC(=O)c1c(C(F)F)[nH]c(OC)cc1=O. The summed E-state index contributed by atoms with van der Waals surface area (Å²) in [7, 11) is 1.21. The average Bonchev–Trinajstić information content (AvgIpc) is 2.27. The minimum absolute atomic E-state index is 0.00696. The summed E-state index contributed by atoms with van der Waals surface area (Å²) in [6.45, 7) is 1.50. The van der Waals surface area contributed by atoms with Crippen molar-refractivity contribution in [2.45, 2.75) is 13.3 Å². The number of alkyl halides is 2. The zero-order valence-corrected chi connectivity index (χ0v) is 9.25. The van der Waals surface area contributed by atoms with E-state index < -0.39 is 29.1 Å². The number of carbonyl (C=O) groups is 1. The molecule has 0 bridgehead atoms. The van der Waals surface area contributed by atoms with Crippen molar-refractivity contribution in [3.05, 3.63) is 27.5 Å². The average molecular weight is 247 g/mol. The number of pyridine rings is 1. The molecule has 0 saturated carbocycles. The summed E-state index contributed by atoms with van der Waals surface area (Å²) < 4.78 is 34.6. The third kappa shape index (κ3) is 2.80. The first kappa shape index (κ1) is 13.1. The number of esters is 1. The number of nitrogens with one attached hydrogen (secondary N) is 1. The minimum Gasteiger partial charge on any atom is -0.482 e. The summed E-state index contributed by atoms with van der Waals surface area (Å²) in [5, 5.41) is 0. The van der Waals surface area contributed by atoms with E-state index in [2.05, 4.69) is 14.5 Å². The number of ether oxygens (including phenoxy) is 2. The number of hydrogen-bond donors (Lipinski definition) is 1. The molecule has 0 unspecified atom stereocenters. The normalized spacial score (nSPS) is 10.4. The number of aromatic nitrogens is 1. The van der Waals surface area contributed by atoms with Crippen LogP contribution >= 0.6 is 0 Å². The fourth-order valence-corrected chi connectivity index (χ4v) is 1.24. The van der Waals surface area contributed by atoms with Crippen LogP contribution in [0.4, 0.5) is 8.78 Å². The van der Waals surface area contributed by atoms with Crippen LogP contribution in [0.25, 0.3) is 0 Å². The van der Waals surface area contributed by atoms with E-state index in [0.29, 0.717) is 0 Å². The predicted molar refractivity (Wildman–Crippen MR) is 54.5 cm³/mol. The maximum atomic E-state index is 12.7. The molecular formula is C10H11F2NO4. The lowest BCUT2D eigenvalue weighted by Gasteiger charge is -2.09.